The predicted molar refractivity (Wildman–Crippen MR) is 151 cm³/mol. The molecule has 3 aliphatic heterocycles. The van der Waals surface area contributed by atoms with E-state index in [0.717, 1.165) is 21.9 Å². The van der Waals surface area contributed by atoms with Gasteiger partial charge in [-0.15, -0.1) is 0 Å². The van der Waals surface area contributed by atoms with Crippen LogP contribution in [0.5, 0.6) is 11.5 Å². The van der Waals surface area contributed by atoms with Crippen molar-refractivity contribution in [3.05, 3.63) is 59.7 Å². The number of esters is 1. The summed E-state index contributed by atoms with van der Waals surface area (Å²) < 4.78 is 37.7. The zero-order chi connectivity index (χ0) is 28.0. The molecule has 0 amide bonds. The van der Waals surface area contributed by atoms with Gasteiger partial charge in [0.15, 0.2) is 11.5 Å². The Bertz CT molecular complexity index is 1450. The highest BCUT2D eigenvalue weighted by molar-refractivity contribution is 6.67. The maximum Gasteiger partial charge on any atom is 0.495 e. The molecule has 39 heavy (non-hydrogen) atoms. The summed E-state index contributed by atoms with van der Waals surface area (Å²) in [5.41, 5.74) is 0.784. The molecule has 3 aromatic carbocycles. The van der Waals surface area contributed by atoms with Crippen molar-refractivity contribution in [3.8, 4) is 11.5 Å². The van der Waals surface area contributed by atoms with Crippen LogP contribution in [0.3, 0.4) is 0 Å². The fraction of sp³-hybridized carbons (Fsp3) is 0.433. The number of hydrogen-bond donors (Lipinski definition) is 0. The number of hydrogen-bond acceptors (Lipinski definition) is 7. The average Bonchev–Trinajstić information content (AvgIpc) is 3.39. The molecule has 0 spiro atoms. The first-order chi connectivity index (χ1) is 18.2. The van der Waals surface area contributed by atoms with Crippen molar-refractivity contribution in [2.75, 3.05) is 0 Å². The third kappa shape index (κ3) is 4.18. The zero-order valence-electron chi connectivity index (χ0n) is 23.8. The molecule has 9 heteroatoms. The zero-order valence-corrected chi connectivity index (χ0v) is 23.8. The summed E-state index contributed by atoms with van der Waals surface area (Å²) >= 11 is 0. The van der Waals surface area contributed by atoms with Gasteiger partial charge < -0.3 is 28.1 Å². The highest BCUT2D eigenvalue weighted by Crippen LogP contribution is 2.45. The molecular formula is C30H34B2O7. The second-order valence-corrected chi connectivity index (χ2v) is 12.6. The van der Waals surface area contributed by atoms with E-state index in [0.29, 0.717) is 29.1 Å². The molecule has 7 nitrogen and oxygen atoms in total. The minimum absolute atomic E-state index is 0.320. The third-order valence-corrected chi connectivity index (χ3v) is 8.89. The maximum atomic E-state index is 13.2. The summed E-state index contributed by atoms with van der Waals surface area (Å²) in [7, 11) is -1.33. The van der Waals surface area contributed by atoms with Gasteiger partial charge in [-0.25, -0.2) is 4.79 Å². The fourth-order valence-electron chi connectivity index (χ4n) is 5.08. The Morgan fingerprint density at radius 3 is 1.90 bits per heavy atom. The van der Waals surface area contributed by atoms with E-state index in [9.17, 15) is 4.79 Å². The first kappa shape index (κ1) is 26.4. The smallest absolute Gasteiger partial charge is 0.485 e. The van der Waals surface area contributed by atoms with Gasteiger partial charge in [-0.05, 0) is 89.4 Å². The van der Waals surface area contributed by atoms with Crippen molar-refractivity contribution in [1.29, 1.82) is 0 Å². The van der Waals surface area contributed by atoms with Crippen LogP contribution in [0.15, 0.2) is 48.5 Å². The van der Waals surface area contributed by atoms with Gasteiger partial charge in [-0.2, -0.15) is 0 Å². The van der Waals surface area contributed by atoms with Gasteiger partial charge in [-0.3, -0.25) is 0 Å². The molecule has 0 saturated carbocycles. The third-order valence-electron chi connectivity index (χ3n) is 8.89. The Hall–Kier alpha value is -2.84. The van der Waals surface area contributed by atoms with Crippen LogP contribution in [0.25, 0.3) is 10.8 Å². The van der Waals surface area contributed by atoms with Crippen LogP contribution in [-0.2, 0) is 25.2 Å². The van der Waals surface area contributed by atoms with Crippen LogP contribution >= 0.6 is 0 Å². The number of ether oxygens (including phenoxy) is 2. The lowest BCUT2D eigenvalue weighted by Crippen LogP contribution is -2.41. The average molecular weight is 528 g/mol. The first-order valence-corrected chi connectivity index (χ1v) is 13.4. The Labute approximate surface area is 230 Å². The van der Waals surface area contributed by atoms with Crippen LogP contribution in [0, 0.1) is 0 Å². The lowest BCUT2D eigenvalue weighted by molar-refractivity contribution is 0.00578. The SMILES string of the molecule is CC1(C)OB(c2cc3c4c(c(OCc5ccccc5)cc(B5OC(C)(C)C(C)(C)O5)c4c2)OC3=O)OC1(C)C. The molecule has 0 atom stereocenters. The van der Waals surface area contributed by atoms with Crippen molar-refractivity contribution in [1.82, 2.24) is 0 Å². The highest BCUT2D eigenvalue weighted by Gasteiger charge is 2.54. The van der Waals surface area contributed by atoms with Crippen LogP contribution in [0.4, 0.5) is 0 Å². The van der Waals surface area contributed by atoms with Crippen LogP contribution < -0.4 is 20.4 Å². The molecule has 6 rings (SSSR count). The summed E-state index contributed by atoms with van der Waals surface area (Å²) in [5.74, 6) is 0.428. The molecule has 3 aliphatic rings. The normalized spacial score (nSPS) is 22.0. The van der Waals surface area contributed by atoms with E-state index >= 15 is 0 Å². The van der Waals surface area contributed by atoms with E-state index in [4.69, 9.17) is 28.1 Å². The molecule has 0 unspecified atom stereocenters. The van der Waals surface area contributed by atoms with Crippen molar-refractivity contribution in [3.63, 3.8) is 0 Å². The number of rotatable bonds is 5. The molecule has 3 aromatic rings. The Morgan fingerprint density at radius 1 is 0.744 bits per heavy atom. The number of carbonyl (C=O) groups excluding carboxylic acids is 1. The molecule has 0 aromatic heterocycles. The molecule has 2 saturated heterocycles. The number of benzene rings is 3. The minimum atomic E-state index is -0.680. The van der Waals surface area contributed by atoms with Crippen LogP contribution in [-0.4, -0.2) is 42.6 Å². The van der Waals surface area contributed by atoms with Crippen molar-refractivity contribution in [2.24, 2.45) is 0 Å². The van der Waals surface area contributed by atoms with Crippen molar-refractivity contribution < 1.29 is 32.9 Å². The lowest BCUT2D eigenvalue weighted by Gasteiger charge is -2.32. The van der Waals surface area contributed by atoms with Gasteiger partial charge in [0, 0.05) is 5.39 Å². The molecule has 202 valence electrons. The van der Waals surface area contributed by atoms with Crippen molar-refractivity contribution in [2.45, 2.75) is 84.4 Å². The Balaban J connectivity index is 1.51. The molecule has 0 bridgehead atoms. The molecule has 0 N–H and O–H groups in total. The van der Waals surface area contributed by atoms with Gasteiger partial charge in [0.2, 0.25) is 0 Å². The highest BCUT2D eigenvalue weighted by atomic mass is 16.7. The van der Waals surface area contributed by atoms with Crippen LogP contribution in [0.2, 0.25) is 0 Å². The predicted octanol–water partition coefficient (Wildman–Crippen LogP) is 4.55. The van der Waals surface area contributed by atoms with E-state index in [1.165, 1.54) is 0 Å². The quantitative estimate of drug-likeness (QED) is 0.274. The van der Waals surface area contributed by atoms with Crippen molar-refractivity contribution >= 4 is 41.9 Å². The van der Waals surface area contributed by atoms with E-state index in [2.05, 4.69) is 0 Å². The molecule has 3 heterocycles. The van der Waals surface area contributed by atoms with Gasteiger partial charge in [0.1, 0.15) is 6.61 Å². The minimum Gasteiger partial charge on any atom is -0.485 e. The molecule has 2 fully saturated rings. The molecule has 0 radical (unpaired) electrons. The molecular weight excluding hydrogens is 494 g/mol. The van der Waals surface area contributed by atoms with E-state index in [-0.39, 0.29) is 0 Å². The second-order valence-electron chi connectivity index (χ2n) is 12.6. The maximum absolute atomic E-state index is 13.2. The van der Waals surface area contributed by atoms with Gasteiger partial charge >= 0.3 is 20.2 Å². The largest absolute Gasteiger partial charge is 0.495 e. The Kier molecular flexibility index (Phi) is 5.80. The number of carbonyl (C=O) groups is 1. The van der Waals surface area contributed by atoms with E-state index in [1.54, 1.807) is 6.07 Å². The summed E-state index contributed by atoms with van der Waals surface area (Å²) in [6.45, 7) is 16.4. The summed E-state index contributed by atoms with van der Waals surface area (Å²) in [4.78, 5) is 13.2. The van der Waals surface area contributed by atoms with Gasteiger partial charge in [0.05, 0.1) is 28.0 Å². The topological polar surface area (TPSA) is 72.5 Å². The van der Waals surface area contributed by atoms with Crippen LogP contribution in [0.1, 0.15) is 71.3 Å². The summed E-state index contributed by atoms with van der Waals surface area (Å²) in [5, 5.41) is 1.46. The Morgan fingerprint density at radius 2 is 1.31 bits per heavy atom. The molecule has 0 aliphatic carbocycles. The lowest BCUT2D eigenvalue weighted by atomic mass is 9.71. The summed E-state index contributed by atoms with van der Waals surface area (Å²) in [6, 6.07) is 15.5. The second kappa shape index (κ2) is 8.58. The standard InChI is InChI=1S/C30H34B2O7/c1-27(2)28(3,4)37-31(36-27)19-14-20-22(32-38-29(5,6)30(7,8)39-32)16-23(34-17-18-12-10-9-11-13-18)25-24(20)21(15-19)26(33)35-25/h9-16H,17H2,1-8H3. The summed E-state index contributed by atoms with van der Waals surface area (Å²) in [6.07, 6.45) is 0. The fourth-order valence-corrected chi connectivity index (χ4v) is 5.08. The van der Waals surface area contributed by atoms with E-state index < -0.39 is 42.6 Å². The van der Waals surface area contributed by atoms with Gasteiger partial charge in [-0.1, -0.05) is 36.4 Å². The van der Waals surface area contributed by atoms with Gasteiger partial charge in [0.25, 0.3) is 0 Å². The monoisotopic (exact) mass is 528 g/mol. The van der Waals surface area contributed by atoms with E-state index in [1.807, 2.05) is 97.9 Å². The first-order valence-electron chi connectivity index (χ1n) is 13.4.